The molecule has 0 aliphatic heterocycles. The third-order valence-electron chi connectivity index (χ3n) is 3.36. The van der Waals surface area contributed by atoms with Crippen LogP contribution < -0.4 is 4.74 Å². The molecule has 0 atom stereocenters. The van der Waals surface area contributed by atoms with E-state index in [-0.39, 0.29) is 0 Å². The van der Waals surface area contributed by atoms with E-state index in [1.165, 1.54) is 0 Å². The highest BCUT2D eigenvalue weighted by Gasteiger charge is 2.09. The minimum Gasteiger partial charge on any atom is -0.493 e. The highest BCUT2D eigenvalue weighted by molar-refractivity contribution is 5.71. The zero-order valence-electron chi connectivity index (χ0n) is 12.6. The Hall–Kier alpha value is -2.68. The van der Waals surface area contributed by atoms with Crippen LogP contribution in [0.25, 0.3) is 22.5 Å². The van der Waals surface area contributed by atoms with Gasteiger partial charge < -0.3 is 4.74 Å². The van der Waals surface area contributed by atoms with Gasteiger partial charge in [0, 0.05) is 11.1 Å². The van der Waals surface area contributed by atoms with E-state index in [9.17, 15) is 0 Å². The Labute approximate surface area is 130 Å². The third-order valence-corrected chi connectivity index (χ3v) is 3.36. The van der Waals surface area contributed by atoms with E-state index in [0.717, 1.165) is 34.7 Å². The van der Waals surface area contributed by atoms with Crippen LogP contribution in [0.1, 0.15) is 13.3 Å². The lowest BCUT2D eigenvalue weighted by Crippen LogP contribution is -1.98. The average molecular weight is 290 g/mol. The number of nitrogens with zero attached hydrogens (tertiary/aromatic N) is 2. The number of hydrogen-bond donors (Lipinski definition) is 0. The van der Waals surface area contributed by atoms with Crippen molar-refractivity contribution in [1.29, 1.82) is 0 Å². The van der Waals surface area contributed by atoms with Crippen molar-refractivity contribution in [2.24, 2.45) is 0 Å². The minimum atomic E-state index is 0.702. The molecule has 0 spiro atoms. The smallest absolute Gasteiger partial charge is 0.128 e. The molecule has 2 aromatic carbocycles. The predicted molar refractivity (Wildman–Crippen MR) is 88.7 cm³/mol. The monoisotopic (exact) mass is 290 g/mol. The molecular weight excluding hydrogens is 272 g/mol. The molecule has 0 N–H and O–H groups in total. The molecule has 0 bridgehead atoms. The van der Waals surface area contributed by atoms with E-state index in [1.54, 1.807) is 6.33 Å². The highest BCUT2D eigenvalue weighted by atomic mass is 16.5. The Balaban J connectivity index is 1.99. The van der Waals surface area contributed by atoms with Crippen molar-refractivity contribution in [3.63, 3.8) is 0 Å². The van der Waals surface area contributed by atoms with Crippen LogP contribution in [0.5, 0.6) is 5.75 Å². The van der Waals surface area contributed by atoms with Gasteiger partial charge >= 0.3 is 0 Å². The molecule has 0 aliphatic carbocycles. The Kier molecular flexibility index (Phi) is 4.44. The topological polar surface area (TPSA) is 35.0 Å². The molecule has 1 heterocycles. The minimum absolute atomic E-state index is 0.702. The molecule has 110 valence electrons. The van der Waals surface area contributed by atoms with Crippen LogP contribution in [-0.4, -0.2) is 16.6 Å². The maximum atomic E-state index is 5.83. The first-order valence-corrected chi connectivity index (χ1v) is 7.48. The Morgan fingerprint density at radius 3 is 2.41 bits per heavy atom. The second-order valence-electron chi connectivity index (χ2n) is 5.00. The van der Waals surface area contributed by atoms with E-state index in [0.29, 0.717) is 6.61 Å². The molecule has 22 heavy (non-hydrogen) atoms. The first-order valence-electron chi connectivity index (χ1n) is 7.48. The molecule has 3 nitrogen and oxygen atoms in total. The van der Waals surface area contributed by atoms with Gasteiger partial charge in [-0.3, -0.25) is 0 Å². The zero-order valence-corrected chi connectivity index (χ0v) is 12.6. The summed E-state index contributed by atoms with van der Waals surface area (Å²) in [7, 11) is 0. The summed E-state index contributed by atoms with van der Waals surface area (Å²) >= 11 is 0. The normalized spacial score (nSPS) is 10.4. The summed E-state index contributed by atoms with van der Waals surface area (Å²) in [5, 5.41) is 0. The van der Waals surface area contributed by atoms with Gasteiger partial charge in [0.05, 0.1) is 18.0 Å². The standard InChI is InChI=1S/C19H18N2O/c1-2-12-22-19-11-7-6-10-16(19)18-13-17(20-14-21-18)15-8-4-3-5-9-15/h3-11,13-14H,2,12H2,1H3. The van der Waals surface area contributed by atoms with E-state index in [4.69, 9.17) is 4.74 Å². The van der Waals surface area contributed by atoms with Crippen molar-refractivity contribution in [1.82, 2.24) is 9.97 Å². The van der Waals surface area contributed by atoms with Gasteiger partial charge in [0.1, 0.15) is 12.1 Å². The molecule has 3 heteroatoms. The van der Waals surface area contributed by atoms with Crippen LogP contribution in [0.3, 0.4) is 0 Å². The Morgan fingerprint density at radius 1 is 0.864 bits per heavy atom. The molecule has 0 saturated heterocycles. The maximum absolute atomic E-state index is 5.83. The number of hydrogen-bond acceptors (Lipinski definition) is 3. The van der Waals surface area contributed by atoms with Crippen molar-refractivity contribution in [3.05, 3.63) is 67.0 Å². The largest absolute Gasteiger partial charge is 0.493 e. The van der Waals surface area contributed by atoms with Gasteiger partial charge in [-0.05, 0) is 24.6 Å². The fraction of sp³-hybridized carbons (Fsp3) is 0.158. The first-order chi connectivity index (χ1) is 10.9. The van der Waals surface area contributed by atoms with Crippen LogP contribution in [0.2, 0.25) is 0 Å². The van der Waals surface area contributed by atoms with Crippen molar-refractivity contribution in [2.75, 3.05) is 6.61 Å². The summed E-state index contributed by atoms with van der Waals surface area (Å²) in [4.78, 5) is 8.79. The molecule has 3 aromatic rings. The fourth-order valence-electron chi connectivity index (χ4n) is 2.29. The quantitative estimate of drug-likeness (QED) is 0.689. The molecular formula is C19H18N2O. The molecule has 0 radical (unpaired) electrons. The van der Waals surface area contributed by atoms with Gasteiger partial charge in [0.15, 0.2) is 0 Å². The second-order valence-corrected chi connectivity index (χ2v) is 5.00. The van der Waals surface area contributed by atoms with E-state index in [2.05, 4.69) is 16.9 Å². The van der Waals surface area contributed by atoms with Crippen LogP contribution in [-0.2, 0) is 0 Å². The summed E-state index contributed by atoms with van der Waals surface area (Å²) in [5.41, 5.74) is 3.87. The molecule has 3 rings (SSSR count). The molecule has 0 saturated carbocycles. The maximum Gasteiger partial charge on any atom is 0.128 e. The van der Waals surface area contributed by atoms with Crippen LogP contribution in [0, 0.1) is 0 Å². The van der Waals surface area contributed by atoms with E-state index < -0.39 is 0 Å². The SMILES string of the molecule is CCCOc1ccccc1-c1cc(-c2ccccc2)ncn1. The predicted octanol–water partition coefficient (Wildman–Crippen LogP) is 4.60. The number of benzene rings is 2. The summed E-state index contributed by atoms with van der Waals surface area (Å²) in [6, 6.07) is 20.1. The van der Waals surface area contributed by atoms with Crippen LogP contribution in [0.15, 0.2) is 67.0 Å². The molecule has 0 fully saturated rings. The summed E-state index contributed by atoms with van der Waals surface area (Å²) in [5.74, 6) is 0.863. The molecule has 0 aliphatic rings. The molecule has 0 amide bonds. The number of ether oxygens (including phenoxy) is 1. The van der Waals surface area contributed by atoms with Crippen LogP contribution in [0.4, 0.5) is 0 Å². The molecule has 1 aromatic heterocycles. The third kappa shape index (κ3) is 3.14. The second kappa shape index (κ2) is 6.85. The van der Waals surface area contributed by atoms with Gasteiger partial charge in [-0.15, -0.1) is 0 Å². The average Bonchev–Trinajstić information content (AvgIpc) is 2.61. The summed E-state index contributed by atoms with van der Waals surface area (Å²) in [6.07, 6.45) is 2.58. The van der Waals surface area contributed by atoms with E-state index >= 15 is 0 Å². The van der Waals surface area contributed by atoms with Gasteiger partial charge in [0.2, 0.25) is 0 Å². The summed E-state index contributed by atoms with van der Waals surface area (Å²) < 4.78 is 5.83. The van der Waals surface area contributed by atoms with Crippen molar-refractivity contribution in [2.45, 2.75) is 13.3 Å². The molecule has 0 unspecified atom stereocenters. The number of aromatic nitrogens is 2. The number of para-hydroxylation sites is 1. The first kappa shape index (κ1) is 14.3. The van der Waals surface area contributed by atoms with Crippen molar-refractivity contribution >= 4 is 0 Å². The zero-order chi connectivity index (χ0) is 15.2. The van der Waals surface area contributed by atoms with Gasteiger partial charge in [-0.25, -0.2) is 9.97 Å². The lowest BCUT2D eigenvalue weighted by atomic mass is 10.1. The van der Waals surface area contributed by atoms with Crippen molar-refractivity contribution < 1.29 is 4.74 Å². The fourth-order valence-corrected chi connectivity index (χ4v) is 2.29. The van der Waals surface area contributed by atoms with Crippen LogP contribution >= 0.6 is 0 Å². The lowest BCUT2D eigenvalue weighted by molar-refractivity contribution is 0.318. The lowest BCUT2D eigenvalue weighted by Gasteiger charge is -2.11. The van der Waals surface area contributed by atoms with Crippen molar-refractivity contribution in [3.8, 4) is 28.3 Å². The number of rotatable bonds is 5. The highest BCUT2D eigenvalue weighted by Crippen LogP contribution is 2.30. The van der Waals surface area contributed by atoms with Gasteiger partial charge in [-0.1, -0.05) is 49.4 Å². The summed E-state index contributed by atoms with van der Waals surface area (Å²) in [6.45, 7) is 2.80. The Bertz CT molecular complexity index is 741. The Morgan fingerprint density at radius 2 is 1.59 bits per heavy atom. The van der Waals surface area contributed by atoms with Gasteiger partial charge in [-0.2, -0.15) is 0 Å². The van der Waals surface area contributed by atoms with Gasteiger partial charge in [0.25, 0.3) is 0 Å². The van der Waals surface area contributed by atoms with E-state index in [1.807, 2.05) is 60.7 Å².